The van der Waals surface area contributed by atoms with Gasteiger partial charge < -0.3 is 9.26 Å². The summed E-state index contributed by atoms with van der Waals surface area (Å²) in [5.41, 5.74) is 4.67. The average Bonchev–Trinajstić information content (AvgIpc) is 3.43. The van der Waals surface area contributed by atoms with Crippen LogP contribution in [0.3, 0.4) is 0 Å². The van der Waals surface area contributed by atoms with Gasteiger partial charge >= 0.3 is 0 Å². The van der Waals surface area contributed by atoms with Crippen molar-refractivity contribution < 1.29 is 19.4 Å². The van der Waals surface area contributed by atoms with Crippen LogP contribution in [0.2, 0.25) is 0 Å². The fourth-order valence-electron chi connectivity index (χ4n) is 4.85. The van der Waals surface area contributed by atoms with Gasteiger partial charge in [-0.2, -0.15) is 10.2 Å². The molecule has 8 heteroatoms. The van der Waals surface area contributed by atoms with E-state index in [4.69, 9.17) is 14.5 Å². The Kier molecular flexibility index (Phi) is 5.85. The summed E-state index contributed by atoms with van der Waals surface area (Å²) in [6, 6.07) is 14.1. The molecule has 3 aromatic rings. The van der Waals surface area contributed by atoms with Crippen LogP contribution in [0.4, 0.5) is 0 Å². The Balaban J connectivity index is 1.39. The lowest BCUT2D eigenvalue weighted by Crippen LogP contribution is -2.49. The van der Waals surface area contributed by atoms with E-state index in [-0.39, 0.29) is 6.10 Å². The van der Waals surface area contributed by atoms with E-state index in [0.29, 0.717) is 47.2 Å². The van der Waals surface area contributed by atoms with Crippen molar-refractivity contribution in [3.05, 3.63) is 53.1 Å². The largest absolute Gasteiger partial charge is 0.490 e. The summed E-state index contributed by atoms with van der Waals surface area (Å²) in [7, 11) is 0. The zero-order valence-electron chi connectivity index (χ0n) is 18.7. The smallest absolute Gasteiger partial charge is 0.258 e. The van der Waals surface area contributed by atoms with Crippen LogP contribution in [0.5, 0.6) is 5.75 Å². The van der Waals surface area contributed by atoms with Crippen molar-refractivity contribution in [2.24, 2.45) is 5.92 Å². The predicted octanol–water partition coefficient (Wildman–Crippen LogP) is 4.47. The van der Waals surface area contributed by atoms with Crippen LogP contribution in [0.1, 0.15) is 43.0 Å². The lowest BCUT2D eigenvalue weighted by molar-refractivity contribution is -0.259. The second kappa shape index (κ2) is 8.94. The maximum Gasteiger partial charge on any atom is 0.258 e. The number of nitrogens with zero attached hydrogens (tertiary/aromatic N) is 4. The number of aromatic nitrogens is 2. The number of benzene rings is 2. The Morgan fingerprint density at radius 1 is 1.27 bits per heavy atom. The maximum absolute atomic E-state index is 9.51. The molecule has 0 radical (unpaired) electrons. The lowest BCUT2D eigenvalue weighted by Gasteiger charge is -2.43. The highest BCUT2D eigenvalue weighted by Crippen LogP contribution is 2.42. The number of hydrogen-bond donors (Lipinski definition) is 1. The van der Waals surface area contributed by atoms with Gasteiger partial charge in [0.25, 0.3) is 5.89 Å². The number of likely N-dealkylation sites (tertiary alicyclic amines) is 1. The fourth-order valence-corrected chi connectivity index (χ4v) is 4.85. The van der Waals surface area contributed by atoms with Crippen LogP contribution in [-0.2, 0) is 11.3 Å². The van der Waals surface area contributed by atoms with Gasteiger partial charge in [-0.25, -0.2) is 4.89 Å². The van der Waals surface area contributed by atoms with Gasteiger partial charge in [-0.3, -0.25) is 10.2 Å². The van der Waals surface area contributed by atoms with Crippen molar-refractivity contribution >= 4 is 0 Å². The van der Waals surface area contributed by atoms with Crippen LogP contribution < -0.4 is 4.74 Å². The second-order valence-electron chi connectivity index (χ2n) is 8.96. The topological polar surface area (TPSA) is 105 Å². The van der Waals surface area contributed by atoms with Gasteiger partial charge in [0.1, 0.15) is 11.8 Å². The molecule has 1 N–H and O–H groups in total. The van der Waals surface area contributed by atoms with Gasteiger partial charge in [-0.05, 0) is 56.0 Å². The first-order valence-corrected chi connectivity index (χ1v) is 11.2. The third-order valence-electron chi connectivity index (χ3n) is 6.35. The van der Waals surface area contributed by atoms with Crippen molar-refractivity contribution in [2.45, 2.75) is 38.8 Å². The Bertz CT molecular complexity index is 1190. The molecule has 0 bridgehead atoms. The molecule has 2 aromatic carbocycles. The van der Waals surface area contributed by atoms with Crippen molar-refractivity contribution in [2.75, 3.05) is 19.7 Å². The first-order valence-electron chi connectivity index (χ1n) is 11.2. The molecule has 1 aromatic heterocycles. The summed E-state index contributed by atoms with van der Waals surface area (Å²) < 4.78 is 11.3. The van der Waals surface area contributed by atoms with Gasteiger partial charge in [-0.1, -0.05) is 23.4 Å². The Morgan fingerprint density at radius 3 is 2.88 bits per heavy atom. The van der Waals surface area contributed by atoms with Crippen molar-refractivity contribution in [1.29, 1.82) is 5.26 Å². The van der Waals surface area contributed by atoms with Crippen LogP contribution >= 0.6 is 0 Å². The predicted molar refractivity (Wildman–Crippen MR) is 120 cm³/mol. The van der Waals surface area contributed by atoms with Crippen LogP contribution in [0.15, 0.2) is 40.9 Å². The van der Waals surface area contributed by atoms with Gasteiger partial charge in [0.2, 0.25) is 5.82 Å². The lowest BCUT2D eigenvalue weighted by atomic mass is 9.95. The molecular weight excluding hydrogens is 420 g/mol. The minimum absolute atomic E-state index is 0.0212. The molecule has 170 valence electrons. The molecule has 2 aliphatic rings. The summed E-state index contributed by atoms with van der Waals surface area (Å²) >= 11 is 0. The van der Waals surface area contributed by atoms with E-state index in [1.54, 1.807) is 12.1 Å². The average molecular weight is 447 g/mol. The third kappa shape index (κ3) is 4.11. The van der Waals surface area contributed by atoms with Crippen LogP contribution in [0.25, 0.3) is 22.8 Å². The summed E-state index contributed by atoms with van der Waals surface area (Å²) in [5.74, 6) is 1.86. The molecule has 0 saturated carbocycles. The molecule has 0 spiro atoms. The molecule has 1 fully saturated rings. The van der Waals surface area contributed by atoms with Gasteiger partial charge in [0, 0.05) is 36.2 Å². The third-order valence-corrected chi connectivity index (χ3v) is 6.35. The molecule has 5 rings (SSSR count). The highest BCUT2D eigenvalue weighted by atomic mass is 17.1. The Morgan fingerprint density at radius 2 is 2.12 bits per heavy atom. The zero-order valence-corrected chi connectivity index (χ0v) is 18.7. The zero-order chi connectivity index (χ0) is 22.9. The summed E-state index contributed by atoms with van der Waals surface area (Å²) in [4.78, 5) is 11.4. The highest BCUT2D eigenvalue weighted by Gasteiger charge is 2.37. The van der Waals surface area contributed by atoms with Gasteiger partial charge in [0.15, 0.2) is 0 Å². The van der Waals surface area contributed by atoms with E-state index >= 15 is 0 Å². The monoisotopic (exact) mass is 446 g/mol. The molecule has 33 heavy (non-hydrogen) atoms. The second-order valence-corrected chi connectivity index (χ2v) is 8.96. The molecule has 8 nitrogen and oxygen atoms in total. The number of ether oxygens (including phenoxy) is 1. The van der Waals surface area contributed by atoms with Crippen LogP contribution in [0, 0.1) is 17.2 Å². The molecule has 1 atom stereocenters. The minimum Gasteiger partial charge on any atom is -0.490 e. The first-order chi connectivity index (χ1) is 16.1. The van der Waals surface area contributed by atoms with Crippen molar-refractivity contribution in [3.8, 4) is 34.7 Å². The number of fused-ring (bicyclic) bond motifs is 1. The van der Waals surface area contributed by atoms with E-state index in [9.17, 15) is 5.26 Å². The highest BCUT2D eigenvalue weighted by molar-refractivity contribution is 5.67. The van der Waals surface area contributed by atoms with E-state index < -0.39 is 0 Å². The van der Waals surface area contributed by atoms with Crippen molar-refractivity contribution in [1.82, 2.24) is 15.0 Å². The van der Waals surface area contributed by atoms with E-state index in [2.05, 4.69) is 32.1 Å². The molecule has 1 aliphatic carbocycles. The fraction of sp³-hybridized carbons (Fsp3) is 0.400. The Hall–Kier alpha value is -3.25. The standard InChI is InChI=1S/C25H26N4O4/c1-15(2)32-23-9-6-17(10-18(23)11-26)25-27-24(28-33-25)21-5-3-4-20-19(21)7-8-22(20)29-12-16(13-29)14-31-30/h3-6,9-10,15-16,22,30H,7-8,12-14H2,1-2H3. The minimum atomic E-state index is -0.0212. The molecule has 1 aliphatic heterocycles. The molecule has 0 amide bonds. The van der Waals surface area contributed by atoms with E-state index in [1.807, 2.05) is 32.0 Å². The molecule has 2 heterocycles. The maximum atomic E-state index is 9.51. The van der Waals surface area contributed by atoms with Gasteiger partial charge in [-0.15, -0.1) is 0 Å². The summed E-state index contributed by atoms with van der Waals surface area (Å²) in [6.07, 6.45) is 1.98. The summed E-state index contributed by atoms with van der Waals surface area (Å²) in [6.45, 7) is 6.09. The number of nitriles is 1. The first kappa shape index (κ1) is 21.6. The van der Waals surface area contributed by atoms with Gasteiger partial charge in [0.05, 0.1) is 18.3 Å². The Labute approximate surface area is 192 Å². The SMILES string of the molecule is CC(C)Oc1ccc(-c2nc(-c3cccc4c3CCC4N3CC(COO)C3)no2)cc1C#N. The summed E-state index contributed by atoms with van der Waals surface area (Å²) in [5, 5.41) is 22.4. The van der Waals surface area contributed by atoms with E-state index in [1.165, 1.54) is 11.1 Å². The van der Waals surface area contributed by atoms with Crippen LogP contribution in [-0.4, -0.2) is 46.1 Å². The molecular formula is C25H26N4O4. The molecule has 1 saturated heterocycles. The quantitative estimate of drug-likeness (QED) is 0.419. The molecule has 1 unspecified atom stereocenters. The number of rotatable bonds is 7. The van der Waals surface area contributed by atoms with E-state index in [0.717, 1.165) is 31.5 Å². The number of hydrogen-bond acceptors (Lipinski definition) is 8. The normalized spacial score (nSPS) is 18.2. The van der Waals surface area contributed by atoms with Crippen molar-refractivity contribution in [3.63, 3.8) is 0 Å².